The number of alkyl halides is 3. The summed E-state index contributed by atoms with van der Waals surface area (Å²) < 4.78 is 73.2. The van der Waals surface area contributed by atoms with E-state index < -0.39 is 33.9 Å². The number of carbonyl (C=O) groups is 2. The van der Waals surface area contributed by atoms with E-state index in [1.165, 1.54) is 20.7 Å². The van der Waals surface area contributed by atoms with Gasteiger partial charge in [0.2, 0.25) is 11.8 Å². The zero-order chi connectivity index (χ0) is 27.8. The van der Waals surface area contributed by atoms with E-state index in [9.17, 15) is 31.2 Å². The highest BCUT2D eigenvalue weighted by Crippen LogP contribution is 2.34. The largest absolute Gasteiger partial charge is 0.416 e. The highest BCUT2D eigenvalue weighted by atomic mass is 32.2. The van der Waals surface area contributed by atoms with Crippen molar-refractivity contribution >= 4 is 22.0 Å². The number of hydrogen-bond acceptors (Lipinski definition) is 5. The fraction of sp³-hybridized carbons (Fsp3) is 0.692. The van der Waals surface area contributed by atoms with Crippen LogP contribution in [0.4, 0.5) is 13.2 Å². The molecule has 3 atom stereocenters. The monoisotopic (exact) mass is 572 g/mol. The van der Waals surface area contributed by atoms with Crippen LogP contribution in [0.1, 0.15) is 43.2 Å². The van der Waals surface area contributed by atoms with Crippen molar-refractivity contribution in [2.45, 2.75) is 50.9 Å². The Bertz CT molecular complexity index is 1150. The summed E-state index contributed by atoms with van der Waals surface area (Å²) in [5, 5.41) is 2.74. The van der Waals surface area contributed by atoms with Crippen molar-refractivity contribution in [2.24, 2.45) is 17.8 Å². The first kappa shape index (κ1) is 28.3. The van der Waals surface area contributed by atoms with Gasteiger partial charge < -0.3 is 15.0 Å². The molecule has 9 nitrogen and oxygen atoms in total. The molecular formula is C26H35F3N4O5S. The van der Waals surface area contributed by atoms with E-state index in [2.05, 4.69) is 5.32 Å². The standard InChI is InChI=1S/C26H35F3N4O5S/c27-26(28,29)22-7-5-18(6-8-22)13-30-24(34)23-4-2-11-33(23)25(35)19-3-1-10-31(14-19)39(36,37)32-15-21(16-32)20-9-12-38-17-20/h5-8,19-21,23H,1-4,9-17H2,(H,30,34)/t19-,20-,23+/m0/s1. The molecule has 4 aliphatic rings. The van der Waals surface area contributed by atoms with Gasteiger partial charge >= 0.3 is 6.18 Å². The predicted octanol–water partition coefficient (Wildman–Crippen LogP) is 2.24. The van der Waals surface area contributed by atoms with Gasteiger partial charge in [0.1, 0.15) is 6.04 Å². The normalized spacial score (nSPS) is 27.5. The third-order valence-electron chi connectivity index (χ3n) is 8.48. The Balaban J connectivity index is 1.15. The summed E-state index contributed by atoms with van der Waals surface area (Å²) in [6.07, 6.45) is -1.19. The van der Waals surface area contributed by atoms with E-state index >= 15 is 0 Å². The van der Waals surface area contributed by atoms with Gasteiger partial charge in [-0.3, -0.25) is 9.59 Å². The van der Waals surface area contributed by atoms with Crippen molar-refractivity contribution in [3.63, 3.8) is 0 Å². The van der Waals surface area contributed by atoms with Gasteiger partial charge in [0.05, 0.1) is 11.5 Å². The average Bonchev–Trinajstić information content (AvgIpc) is 3.58. The van der Waals surface area contributed by atoms with Crippen molar-refractivity contribution in [1.29, 1.82) is 0 Å². The molecule has 2 amide bonds. The Morgan fingerprint density at radius 2 is 1.67 bits per heavy atom. The molecule has 5 rings (SSSR count). The summed E-state index contributed by atoms with van der Waals surface area (Å²) in [5.74, 6) is -0.368. The van der Waals surface area contributed by atoms with Gasteiger partial charge in [0, 0.05) is 52.5 Å². The summed E-state index contributed by atoms with van der Waals surface area (Å²) in [5.41, 5.74) is -0.236. The van der Waals surface area contributed by atoms with Gasteiger partial charge in [-0.25, -0.2) is 0 Å². The molecule has 216 valence electrons. The number of likely N-dealkylation sites (tertiary alicyclic amines) is 1. The average molecular weight is 573 g/mol. The molecule has 1 aromatic carbocycles. The molecule has 13 heteroatoms. The maximum absolute atomic E-state index is 13.5. The predicted molar refractivity (Wildman–Crippen MR) is 135 cm³/mol. The maximum Gasteiger partial charge on any atom is 0.416 e. The highest BCUT2D eigenvalue weighted by molar-refractivity contribution is 7.86. The minimum Gasteiger partial charge on any atom is -0.381 e. The Morgan fingerprint density at radius 1 is 0.949 bits per heavy atom. The van der Waals surface area contributed by atoms with Crippen molar-refractivity contribution in [3.05, 3.63) is 35.4 Å². The van der Waals surface area contributed by atoms with Crippen LogP contribution in [0.25, 0.3) is 0 Å². The number of hydrogen-bond donors (Lipinski definition) is 1. The number of piperidine rings is 1. The van der Waals surface area contributed by atoms with Crippen LogP contribution < -0.4 is 5.32 Å². The number of amides is 2. The number of halogens is 3. The lowest BCUT2D eigenvalue weighted by atomic mass is 9.87. The third-order valence-corrected chi connectivity index (χ3v) is 10.4. The number of rotatable bonds is 7. The fourth-order valence-electron chi connectivity index (χ4n) is 6.05. The first-order chi connectivity index (χ1) is 18.5. The van der Waals surface area contributed by atoms with Crippen LogP contribution in [-0.4, -0.2) is 85.7 Å². The zero-order valence-electron chi connectivity index (χ0n) is 21.7. The van der Waals surface area contributed by atoms with E-state index in [1.807, 2.05) is 0 Å². The molecule has 0 aliphatic carbocycles. The number of nitrogens with one attached hydrogen (secondary N) is 1. The van der Waals surface area contributed by atoms with Gasteiger partial charge in [-0.1, -0.05) is 12.1 Å². The summed E-state index contributed by atoms with van der Waals surface area (Å²) in [6, 6.07) is 3.90. The summed E-state index contributed by atoms with van der Waals surface area (Å²) in [4.78, 5) is 27.9. The van der Waals surface area contributed by atoms with Crippen LogP contribution in [0.5, 0.6) is 0 Å². The molecule has 0 aromatic heterocycles. The van der Waals surface area contributed by atoms with Gasteiger partial charge in [-0.2, -0.15) is 30.2 Å². The third kappa shape index (κ3) is 6.10. The second-order valence-electron chi connectivity index (χ2n) is 11.0. The minimum atomic E-state index is -4.43. The summed E-state index contributed by atoms with van der Waals surface area (Å²) in [6.45, 7) is 3.33. The molecule has 39 heavy (non-hydrogen) atoms. The van der Waals surface area contributed by atoms with Crippen LogP contribution in [-0.2, 0) is 37.3 Å². The first-order valence-electron chi connectivity index (χ1n) is 13.6. The molecule has 4 aliphatic heterocycles. The Kier molecular flexibility index (Phi) is 8.23. The second kappa shape index (κ2) is 11.3. The first-order valence-corrected chi connectivity index (χ1v) is 15.0. The van der Waals surface area contributed by atoms with Crippen molar-refractivity contribution < 1.29 is 35.9 Å². The summed E-state index contributed by atoms with van der Waals surface area (Å²) >= 11 is 0. The smallest absolute Gasteiger partial charge is 0.381 e. The Morgan fingerprint density at radius 3 is 2.33 bits per heavy atom. The molecule has 0 unspecified atom stereocenters. The van der Waals surface area contributed by atoms with E-state index in [0.29, 0.717) is 75.9 Å². The van der Waals surface area contributed by atoms with Crippen LogP contribution in [0.3, 0.4) is 0 Å². The second-order valence-corrected chi connectivity index (χ2v) is 12.9. The van der Waals surface area contributed by atoms with E-state index in [0.717, 1.165) is 25.2 Å². The lowest BCUT2D eigenvalue weighted by Gasteiger charge is -2.44. The van der Waals surface area contributed by atoms with E-state index in [1.54, 1.807) is 4.90 Å². The number of ether oxygens (including phenoxy) is 1. The van der Waals surface area contributed by atoms with Crippen molar-refractivity contribution in [1.82, 2.24) is 18.8 Å². The van der Waals surface area contributed by atoms with E-state index in [-0.39, 0.29) is 24.9 Å². The summed E-state index contributed by atoms with van der Waals surface area (Å²) in [7, 11) is -3.65. The van der Waals surface area contributed by atoms with Crippen LogP contribution in [0.2, 0.25) is 0 Å². The highest BCUT2D eigenvalue weighted by Gasteiger charge is 2.46. The minimum absolute atomic E-state index is 0.0504. The number of carbonyl (C=O) groups excluding carboxylic acids is 2. The van der Waals surface area contributed by atoms with Crippen molar-refractivity contribution in [3.8, 4) is 0 Å². The zero-order valence-corrected chi connectivity index (χ0v) is 22.6. The molecule has 0 spiro atoms. The molecular weight excluding hydrogens is 537 g/mol. The molecule has 1 N–H and O–H groups in total. The SMILES string of the molecule is O=C(NCc1ccc(C(F)(F)F)cc1)[C@H]1CCCN1C(=O)[C@H]1CCCN(S(=O)(=O)N2CC([C@H]3CCOC3)C2)C1. The number of benzene rings is 1. The molecule has 0 saturated carbocycles. The lowest BCUT2D eigenvalue weighted by Crippen LogP contribution is -2.59. The van der Waals surface area contributed by atoms with Crippen LogP contribution >= 0.6 is 0 Å². The van der Waals surface area contributed by atoms with Gasteiger partial charge in [-0.15, -0.1) is 0 Å². The molecule has 0 bridgehead atoms. The maximum atomic E-state index is 13.5. The van der Waals surface area contributed by atoms with Crippen LogP contribution in [0.15, 0.2) is 24.3 Å². The molecule has 4 heterocycles. The molecule has 4 fully saturated rings. The topological polar surface area (TPSA) is 99.3 Å². The molecule has 0 radical (unpaired) electrons. The Hall–Kier alpha value is -2.22. The van der Waals surface area contributed by atoms with Crippen LogP contribution in [0, 0.1) is 17.8 Å². The number of nitrogens with zero attached hydrogens (tertiary/aromatic N) is 3. The fourth-order valence-corrected chi connectivity index (χ4v) is 7.87. The molecule has 4 saturated heterocycles. The Labute approximate surface area is 226 Å². The van der Waals surface area contributed by atoms with Gasteiger partial charge in [-0.05, 0) is 61.6 Å². The molecule has 1 aromatic rings. The van der Waals surface area contributed by atoms with Gasteiger partial charge in [0.15, 0.2) is 0 Å². The van der Waals surface area contributed by atoms with E-state index in [4.69, 9.17) is 4.74 Å². The lowest BCUT2D eigenvalue weighted by molar-refractivity contribution is -0.142. The quantitative estimate of drug-likeness (QED) is 0.541. The van der Waals surface area contributed by atoms with Crippen molar-refractivity contribution in [2.75, 3.05) is 45.9 Å². The van der Waals surface area contributed by atoms with Gasteiger partial charge in [0.25, 0.3) is 10.2 Å².